The van der Waals surface area contributed by atoms with Gasteiger partial charge in [-0.1, -0.05) is 0 Å². The summed E-state index contributed by atoms with van der Waals surface area (Å²) in [6.45, 7) is 0. The second kappa shape index (κ2) is 5.87. The number of carbonyl (C=O) groups is 3. The van der Waals surface area contributed by atoms with Crippen LogP contribution in [-0.4, -0.2) is 35.0 Å². The van der Waals surface area contributed by atoms with E-state index in [1.807, 2.05) is 5.32 Å². The minimum Gasteiger partial charge on any atom is -0.480 e. The number of amides is 1. The zero-order valence-electron chi connectivity index (χ0n) is 8.32. The van der Waals surface area contributed by atoms with Crippen LogP contribution < -0.4 is 11.1 Å². The maximum atomic E-state index is 11.7. The maximum absolute atomic E-state index is 11.7. The number of carbonyl (C=O) groups excluding carboxylic acids is 2. The number of allylic oxidation sites excluding steroid dienone is 1. The maximum Gasteiger partial charge on any atom is 0.454 e. The predicted octanol–water partition coefficient (Wildman–Crippen LogP) is -0.450. The fourth-order valence-corrected chi connectivity index (χ4v) is 0.753. The lowest BCUT2D eigenvalue weighted by atomic mass is 10.2. The number of nitrogens with one attached hydrogen (secondary N) is 1. The second-order valence-electron chi connectivity index (χ2n) is 2.92. The van der Waals surface area contributed by atoms with Gasteiger partial charge in [-0.25, -0.2) is 4.79 Å². The van der Waals surface area contributed by atoms with Gasteiger partial charge in [-0.3, -0.25) is 9.59 Å². The number of primary amides is 1. The zero-order chi connectivity index (χ0) is 13.6. The van der Waals surface area contributed by atoms with Gasteiger partial charge >= 0.3 is 12.1 Å². The fourth-order valence-electron chi connectivity index (χ4n) is 0.753. The lowest BCUT2D eigenvalue weighted by molar-refractivity contribution is -0.165. The van der Waals surface area contributed by atoms with E-state index >= 15 is 0 Å². The number of carboxylic acid groups (broad SMARTS) is 1. The van der Waals surface area contributed by atoms with E-state index in [9.17, 15) is 27.6 Å². The number of aliphatic carboxylic acids is 1. The van der Waals surface area contributed by atoms with Crippen molar-refractivity contribution >= 4 is 17.7 Å². The van der Waals surface area contributed by atoms with Crippen LogP contribution in [0.1, 0.15) is 6.42 Å². The normalized spacial score (nSPS) is 13.4. The van der Waals surface area contributed by atoms with Crippen LogP contribution in [0.15, 0.2) is 12.3 Å². The van der Waals surface area contributed by atoms with Gasteiger partial charge in [-0.05, 0) is 0 Å². The van der Waals surface area contributed by atoms with Gasteiger partial charge in [0, 0.05) is 12.3 Å². The molecule has 0 aliphatic rings. The van der Waals surface area contributed by atoms with Crippen molar-refractivity contribution in [2.75, 3.05) is 0 Å². The summed E-state index contributed by atoms with van der Waals surface area (Å²) in [5, 5.41) is 10.5. The van der Waals surface area contributed by atoms with Crippen molar-refractivity contribution in [3.05, 3.63) is 12.3 Å². The highest BCUT2D eigenvalue weighted by atomic mass is 19.4. The van der Waals surface area contributed by atoms with Crippen LogP contribution in [0.4, 0.5) is 13.2 Å². The van der Waals surface area contributed by atoms with Gasteiger partial charge < -0.3 is 16.2 Å². The molecule has 1 unspecified atom stereocenters. The molecule has 1 amide bonds. The van der Waals surface area contributed by atoms with Crippen molar-refractivity contribution < 1.29 is 32.7 Å². The largest absolute Gasteiger partial charge is 0.480 e. The molecule has 96 valence electrons. The van der Waals surface area contributed by atoms with Crippen LogP contribution in [0.25, 0.3) is 0 Å². The first-order chi connectivity index (χ1) is 7.64. The Morgan fingerprint density at radius 2 is 1.88 bits per heavy atom. The summed E-state index contributed by atoms with van der Waals surface area (Å²) in [6.07, 6.45) is -5.01. The fraction of sp³-hybridized carbons (Fsp3) is 0.375. The smallest absolute Gasteiger partial charge is 0.454 e. The van der Waals surface area contributed by atoms with E-state index in [1.54, 1.807) is 0 Å². The minimum atomic E-state index is -5.03. The summed E-state index contributed by atoms with van der Waals surface area (Å²) in [4.78, 5) is 31.3. The molecule has 4 N–H and O–H groups in total. The number of rotatable bonds is 6. The van der Waals surface area contributed by atoms with E-state index in [1.165, 1.54) is 0 Å². The van der Waals surface area contributed by atoms with Crippen LogP contribution in [0.5, 0.6) is 0 Å². The van der Waals surface area contributed by atoms with Gasteiger partial charge in [-0.15, -0.1) is 0 Å². The van der Waals surface area contributed by atoms with Crippen LogP contribution in [0, 0.1) is 0 Å². The summed E-state index contributed by atoms with van der Waals surface area (Å²) in [6, 6.07) is -1.48. The van der Waals surface area contributed by atoms with Gasteiger partial charge in [0.2, 0.25) is 5.91 Å². The van der Waals surface area contributed by atoms with Gasteiger partial charge in [-0.2, -0.15) is 13.2 Å². The summed E-state index contributed by atoms with van der Waals surface area (Å²) < 4.78 is 35.2. The molecular formula is C8H9F3N2O4. The SMILES string of the molecule is NC(=O)CC(N/C=C\C(=O)C(F)(F)F)C(=O)O. The monoisotopic (exact) mass is 254 g/mol. The number of hydrogen-bond donors (Lipinski definition) is 3. The van der Waals surface area contributed by atoms with E-state index in [-0.39, 0.29) is 6.08 Å². The van der Waals surface area contributed by atoms with Crippen LogP contribution in [-0.2, 0) is 14.4 Å². The number of ketones is 1. The first-order valence-electron chi connectivity index (χ1n) is 4.19. The van der Waals surface area contributed by atoms with Gasteiger partial charge in [0.15, 0.2) is 0 Å². The Hall–Kier alpha value is -2.06. The second-order valence-corrected chi connectivity index (χ2v) is 2.92. The van der Waals surface area contributed by atoms with Crippen molar-refractivity contribution in [3.63, 3.8) is 0 Å². The molecule has 1 atom stereocenters. The van der Waals surface area contributed by atoms with E-state index in [2.05, 4.69) is 0 Å². The summed E-state index contributed by atoms with van der Waals surface area (Å²) >= 11 is 0. The van der Waals surface area contributed by atoms with E-state index in [0.717, 1.165) is 0 Å². The number of nitrogens with two attached hydrogens (primary N) is 1. The number of hydrogen-bond acceptors (Lipinski definition) is 4. The molecule has 0 aromatic heterocycles. The summed E-state index contributed by atoms with van der Waals surface area (Å²) in [5.74, 6) is -4.57. The van der Waals surface area contributed by atoms with Crippen molar-refractivity contribution in [1.29, 1.82) is 0 Å². The molecule has 0 aromatic carbocycles. The standard InChI is InChI=1S/C8H9F3N2O4/c9-8(10,11)5(14)1-2-13-4(7(16)17)3-6(12)15/h1-2,4,13H,3H2,(H2,12,15)(H,16,17)/b2-1-. The number of alkyl halides is 3. The average molecular weight is 254 g/mol. The molecule has 0 bridgehead atoms. The van der Waals surface area contributed by atoms with E-state index in [4.69, 9.17) is 10.8 Å². The van der Waals surface area contributed by atoms with Crippen molar-refractivity contribution in [3.8, 4) is 0 Å². The predicted molar refractivity (Wildman–Crippen MR) is 48.6 cm³/mol. The Kier molecular flexibility index (Phi) is 5.16. The third-order valence-corrected chi connectivity index (χ3v) is 1.51. The Balaban J connectivity index is 4.41. The molecule has 0 rings (SSSR count). The molecule has 0 spiro atoms. The quantitative estimate of drug-likeness (QED) is 0.556. The van der Waals surface area contributed by atoms with Gasteiger partial charge in [0.05, 0.1) is 6.42 Å². The highest BCUT2D eigenvalue weighted by Gasteiger charge is 2.36. The van der Waals surface area contributed by atoms with Crippen LogP contribution >= 0.6 is 0 Å². The van der Waals surface area contributed by atoms with Crippen LogP contribution in [0.3, 0.4) is 0 Å². The highest BCUT2D eigenvalue weighted by molar-refractivity contribution is 5.94. The summed E-state index contributed by atoms with van der Waals surface area (Å²) in [5.41, 5.74) is 4.72. The van der Waals surface area contributed by atoms with E-state index < -0.39 is 36.3 Å². The summed E-state index contributed by atoms with van der Waals surface area (Å²) in [7, 11) is 0. The Bertz CT molecular complexity index is 351. The first-order valence-corrected chi connectivity index (χ1v) is 4.19. The van der Waals surface area contributed by atoms with Crippen molar-refractivity contribution in [2.24, 2.45) is 5.73 Å². The first kappa shape index (κ1) is 14.9. The average Bonchev–Trinajstić information content (AvgIpc) is 2.13. The number of halogens is 3. The van der Waals surface area contributed by atoms with E-state index in [0.29, 0.717) is 6.20 Å². The number of carboxylic acids is 1. The highest BCUT2D eigenvalue weighted by Crippen LogP contribution is 2.15. The lowest BCUT2D eigenvalue weighted by Gasteiger charge is -2.09. The van der Waals surface area contributed by atoms with Gasteiger partial charge in [0.1, 0.15) is 6.04 Å². The molecule has 0 radical (unpaired) electrons. The molecule has 17 heavy (non-hydrogen) atoms. The van der Waals surface area contributed by atoms with Crippen molar-refractivity contribution in [1.82, 2.24) is 5.32 Å². The molecule has 0 saturated heterocycles. The topological polar surface area (TPSA) is 109 Å². The lowest BCUT2D eigenvalue weighted by Crippen LogP contribution is -2.37. The third kappa shape index (κ3) is 6.17. The third-order valence-electron chi connectivity index (χ3n) is 1.51. The molecule has 0 aliphatic heterocycles. The molecular weight excluding hydrogens is 245 g/mol. The Morgan fingerprint density at radius 3 is 2.24 bits per heavy atom. The van der Waals surface area contributed by atoms with Crippen LogP contribution in [0.2, 0.25) is 0 Å². The molecule has 9 heteroatoms. The van der Waals surface area contributed by atoms with Crippen molar-refractivity contribution in [2.45, 2.75) is 18.6 Å². The Labute approximate surface area is 93.3 Å². The molecule has 0 aliphatic carbocycles. The minimum absolute atomic E-state index is 0.122. The molecule has 6 nitrogen and oxygen atoms in total. The Morgan fingerprint density at radius 1 is 1.35 bits per heavy atom. The zero-order valence-corrected chi connectivity index (χ0v) is 8.32. The molecule has 0 aromatic rings. The van der Waals surface area contributed by atoms with Gasteiger partial charge in [0.25, 0.3) is 5.78 Å². The molecule has 0 saturated carbocycles. The molecule has 0 fully saturated rings. The molecule has 0 heterocycles.